The average molecular weight is 193 g/mol. The molecule has 1 aromatic rings. The molecule has 0 atom stereocenters. The zero-order valence-corrected chi connectivity index (χ0v) is 8.06. The van der Waals surface area contributed by atoms with Gasteiger partial charge in [0.05, 0.1) is 0 Å². The van der Waals surface area contributed by atoms with Crippen LogP contribution < -0.4 is 4.74 Å². The number of carbonyl (C=O) groups is 1. The van der Waals surface area contributed by atoms with E-state index in [1.807, 2.05) is 6.07 Å². The summed E-state index contributed by atoms with van der Waals surface area (Å²) in [4.78, 5) is 15.7. The molecular weight excluding hydrogens is 182 g/mol. The Labute approximate surface area is 82.1 Å². The van der Waals surface area contributed by atoms with E-state index in [1.54, 1.807) is 24.3 Å². The average Bonchev–Trinajstić information content (AvgIpc) is 2.19. The fourth-order valence-corrected chi connectivity index (χ4v) is 0.844. The van der Waals surface area contributed by atoms with E-state index in [9.17, 15) is 4.79 Å². The molecular formula is C10H11NO3. The second-order valence-corrected chi connectivity index (χ2v) is 2.56. The van der Waals surface area contributed by atoms with Crippen LogP contribution in [0.15, 0.2) is 35.5 Å². The van der Waals surface area contributed by atoms with Crippen molar-refractivity contribution in [3.63, 3.8) is 0 Å². The lowest BCUT2D eigenvalue weighted by atomic mass is 10.3. The summed E-state index contributed by atoms with van der Waals surface area (Å²) < 4.78 is 4.98. The molecule has 74 valence electrons. The van der Waals surface area contributed by atoms with Crippen molar-refractivity contribution < 1.29 is 14.4 Å². The number of ether oxygens (including phenoxy) is 1. The van der Waals surface area contributed by atoms with Crippen LogP contribution in [0, 0.1) is 0 Å². The van der Waals surface area contributed by atoms with Gasteiger partial charge in [0.25, 0.3) is 0 Å². The quantitative estimate of drug-likeness (QED) is 0.317. The molecule has 0 amide bonds. The highest BCUT2D eigenvalue weighted by molar-refractivity contribution is 6.35. The topological polar surface area (TPSA) is 47.9 Å². The summed E-state index contributed by atoms with van der Waals surface area (Å²) >= 11 is 0. The maximum Gasteiger partial charge on any atom is 0.361 e. The molecule has 0 heterocycles. The number of oxime groups is 1. The fourth-order valence-electron chi connectivity index (χ4n) is 0.844. The molecule has 0 aliphatic rings. The van der Waals surface area contributed by atoms with Crippen LogP contribution in [0.25, 0.3) is 0 Å². The van der Waals surface area contributed by atoms with Crippen LogP contribution >= 0.6 is 0 Å². The zero-order valence-electron chi connectivity index (χ0n) is 8.06. The molecule has 0 bridgehead atoms. The molecule has 0 aliphatic carbocycles. The van der Waals surface area contributed by atoms with Crippen LogP contribution in [0.5, 0.6) is 5.75 Å². The van der Waals surface area contributed by atoms with Gasteiger partial charge in [0, 0.05) is 0 Å². The molecule has 14 heavy (non-hydrogen) atoms. The third-order valence-corrected chi connectivity index (χ3v) is 1.48. The molecule has 0 spiro atoms. The van der Waals surface area contributed by atoms with Gasteiger partial charge in [-0.3, -0.25) is 0 Å². The van der Waals surface area contributed by atoms with Crippen LogP contribution in [0.1, 0.15) is 6.92 Å². The van der Waals surface area contributed by atoms with E-state index in [2.05, 4.69) is 9.99 Å². The maximum atomic E-state index is 11.3. The number of carbonyl (C=O) groups excluding carboxylic acids is 1. The summed E-state index contributed by atoms with van der Waals surface area (Å²) in [5.74, 6) is -0.0267. The molecule has 0 N–H and O–H groups in total. The number of esters is 1. The monoisotopic (exact) mass is 193 g/mol. The summed E-state index contributed by atoms with van der Waals surface area (Å²) in [6.07, 6.45) is 0. The lowest BCUT2D eigenvalue weighted by Crippen LogP contribution is -2.17. The summed E-state index contributed by atoms with van der Waals surface area (Å²) in [6, 6.07) is 8.79. The van der Waals surface area contributed by atoms with E-state index in [1.165, 1.54) is 14.0 Å². The first-order valence-corrected chi connectivity index (χ1v) is 4.09. The lowest BCUT2D eigenvalue weighted by Gasteiger charge is -2.02. The third kappa shape index (κ3) is 2.90. The predicted octanol–water partition coefficient (Wildman–Crippen LogP) is 1.61. The molecule has 0 fully saturated rings. The number of rotatable bonds is 3. The Morgan fingerprint density at radius 3 is 2.50 bits per heavy atom. The molecule has 4 nitrogen and oxygen atoms in total. The zero-order chi connectivity index (χ0) is 10.4. The fraction of sp³-hybridized carbons (Fsp3) is 0.200. The number of hydrogen-bond donors (Lipinski definition) is 0. The number of nitrogens with zero attached hydrogens (tertiary/aromatic N) is 1. The Hall–Kier alpha value is -1.84. The van der Waals surface area contributed by atoms with Crippen molar-refractivity contribution in [3.8, 4) is 5.75 Å². The summed E-state index contributed by atoms with van der Waals surface area (Å²) in [7, 11) is 1.37. The first-order valence-electron chi connectivity index (χ1n) is 4.09. The van der Waals surface area contributed by atoms with Gasteiger partial charge in [-0.25, -0.2) is 4.79 Å². The van der Waals surface area contributed by atoms with Gasteiger partial charge in [-0.05, 0) is 19.1 Å². The van der Waals surface area contributed by atoms with E-state index in [4.69, 9.17) is 4.74 Å². The van der Waals surface area contributed by atoms with Gasteiger partial charge in [-0.1, -0.05) is 23.4 Å². The van der Waals surface area contributed by atoms with Gasteiger partial charge in [0.2, 0.25) is 0 Å². The first-order chi connectivity index (χ1) is 6.74. The van der Waals surface area contributed by atoms with Crippen LogP contribution in [-0.2, 0) is 9.63 Å². The minimum absolute atomic E-state index is 0.177. The third-order valence-electron chi connectivity index (χ3n) is 1.48. The second-order valence-electron chi connectivity index (χ2n) is 2.56. The Morgan fingerprint density at radius 2 is 1.93 bits per heavy atom. The molecule has 1 aromatic carbocycles. The minimum Gasteiger partial charge on any atom is -0.422 e. The second kappa shape index (κ2) is 5.01. The van der Waals surface area contributed by atoms with Gasteiger partial charge < -0.3 is 9.57 Å². The summed E-state index contributed by atoms with van der Waals surface area (Å²) in [6.45, 7) is 1.52. The Kier molecular flexibility index (Phi) is 3.67. The van der Waals surface area contributed by atoms with Crippen LogP contribution in [0.3, 0.4) is 0 Å². The Bertz CT molecular complexity index is 332. The highest BCUT2D eigenvalue weighted by Crippen LogP contribution is 2.08. The number of benzene rings is 1. The van der Waals surface area contributed by atoms with Gasteiger partial charge in [0.15, 0.2) is 5.71 Å². The number of hydrogen-bond acceptors (Lipinski definition) is 4. The maximum absolute atomic E-state index is 11.3. The first kappa shape index (κ1) is 10.2. The highest BCUT2D eigenvalue weighted by Gasteiger charge is 2.08. The Morgan fingerprint density at radius 1 is 1.29 bits per heavy atom. The summed E-state index contributed by atoms with van der Waals surface area (Å²) in [5.41, 5.74) is 0.177. The van der Waals surface area contributed by atoms with Crippen LogP contribution in [-0.4, -0.2) is 18.8 Å². The molecule has 0 aliphatic heterocycles. The lowest BCUT2D eigenvalue weighted by molar-refractivity contribution is -0.127. The largest absolute Gasteiger partial charge is 0.422 e. The summed E-state index contributed by atoms with van der Waals surface area (Å²) in [5, 5.41) is 3.46. The molecule has 0 saturated carbocycles. The molecule has 1 rings (SSSR count). The van der Waals surface area contributed by atoms with Gasteiger partial charge in [-0.15, -0.1) is 0 Å². The predicted molar refractivity (Wildman–Crippen MR) is 52.2 cm³/mol. The molecule has 0 radical (unpaired) electrons. The van der Waals surface area contributed by atoms with E-state index in [0.717, 1.165) is 0 Å². The van der Waals surface area contributed by atoms with Crippen molar-refractivity contribution in [2.24, 2.45) is 5.16 Å². The number of para-hydroxylation sites is 1. The van der Waals surface area contributed by atoms with Crippen molar-refractivity contribution >= 4 is 11.7 Å². The molecule has 0 aromatic heterocycles. The van der Waals surface area contributed by atoms with E-state index in [0.29, 0.717) is 5.75 Å². The normalized spacial score (nSPS) is 10.9. The van der Waals surface area contributed by atoms with Crippen LogP contribution in [0.4, 0.5) is 0 Å². The van der Waals surface area contributed by atoms with Crippen molar-refractivity contribution in [1.82, 2.24) is 0 Å². The molecule has 4 heteroatoms. The van der Waals surface area contributed by atoms with Crippen LogP contribution in [0.2, 0.25) is 0 Å². The van der Waals surface area contributed by atoms with Gasteiger partial charge >= 0.3 is 5.97 Å². The van der Waals surface area contributed by atoms with Crippen molar-refractivity contribution in [1.29, 1.82) is 0 Å². The molecule has 0 saturated heterocycles. The van der Waals surface area contributed by atoms with Crippen molar-refractivity contribution in [3.05, 3.63) is 30.3 Å². The Balaban J connectivity index is 2.62. The smallest absolute Gasteiger partial charge is 0.361 e. The van der Waals surface area contributed by atoms with Gasteiger partial charge in [-0.2, -0.15) is 0 Å². The van der Waals surface area contributed by atoms with Crippen molar-refractivity contribution in [2.75, 3.05) is 7.11 Å². The van der Waals surface area contributed by atoms with E-state index >= 15 is 0 Å². The SMILES string of the molecule is CO/N=C(\C)C(=O)Oc1ccccc1. The minimum atomic E-state index is -0.516. The van der Waals surface area contributed by atoms with Crippen molar-refractivity contribution in [2.45, 2.75) is 6.92 Å². The standard InChI is InChI=1S/C10H11NO3/c1-8(11-13-2)10(12)14-9-6-4-3-5-7-9/h3-7H,1-2H3/b11-8+. The van der Waals surface area contributed by atoms with Gasteiger partial charge in [0.1, 0.15) is 12.9 Å². The molecule has 0 unspecified atom stereocenters. The van der Waals surface area contributed by atoms with E-state index < -0.39 is 5.97 Å². The van der Waals surface area contributed by atoms with E-state index in [-0.39, 0.29) is 5.71 Å². The highest BCUT2D eigenvalue weighted by atomic mass is 16.6.